The zero-order valence-electron chi connectivity index (χ0n) is 18.0. The van der Waals surface area contributed by atoms with Crippen molar-refractivity contribution in [3.8, 4) is 28.7 Å². The number of hydrogen-bond acceptors (Lipinski definition) is 4. The molecule has 4 nitrogen and oxygen atoms in total. The summed E-state index contributed by atoms with van der Waals surface area (Å²) in [5.74, 6) is 0.864. The number of carbonyl (C=O) groups is 1. The topological polar surface area (TPSA) is 59.3 Å². The fourth-order valence-corrected chi connectivity index (χ4v) is 3.16. The van der Waals surface area contributed by atoms with E-state index in [9.17, 15) is 4.79 Å². The fraction of sp³-hybridized carbons (Fsp3) is 0.259. The van der Waals surface area contributed by atoms with Gasteiger partial charge in [-0.3, -0.25) is 4.79 Å². The molecule has 0 saturated heterocycles. The Bertz CT molecular complexity index is 1020. The van der Waals surface area contributed by atoms with Crippen LogP contribution in [0.1, 0.15) is 37.8 Å². The van der Waals surface area contributed by atoms with Crippen LogP contribution >= 0.6 is 0 Å². The van der Waals surface area contributed by atoms with Crippen molar-refractivity contribution in [3.63, 3.8) is 0 Å². The van der Waals surface area contributed by atoms with Crippen molar-refractivity contribution >= 4 is 5.97 Å². The van der Waals surface area contributed by atoms with E-state index < -0.39 is 0 Å². The molecule has 0 radical (unpaired) electrons. The molecule has 3 aromatic rings. The van der Waals surface area contributed by atoms with Crippen LogP contribution in [0, 0.1) is 17.2 Å². The van der Waals surface area contributed by atoms with Crippen LogP contribution in [-0.4, -0.2) is 12.6 Å². The molecule has 1 atom stereocenters. The second-order valence-electron chi connectivity index (χ2n) is 7.59. The van der Waals surface area contributed by atoms with Gasteiger partial charge in [-0.05, 0) is 65.9 Å². The van der Waals surface area contributed by atoms with E-state index in [1.165, 1.54) is 0 Å². The number of hydrogen-bond donors (Lipinski definition) is 0. The number of nitrogens with zero attached hydrogens (tertiary/aromatic N) is 1. The van der Waals surface area contributed by atoms with Gasteiger partial charge in [-0.25, -0.2) is 0 Å². The SMILES string of the molecule is CCCCOc1ccc(CC(C)C(=O)Oc2ccc(-c3ccc(C#N)cc3)cc2)cc1. The first-order valence-electron chi connectivity index (χ1n) is 10.6. The first-order valence-corrected chi connectivity index (χ1v) is 10.6. The van der Waals surface area contributed by atoms with Crippen molar-refractivity contribution in [1.29, 1.82) is 5.26 Å². The lowest BCUT2D eigenvalue weighted by Crippen LogP contribution is -2.19. The van der Waals surface area contributed by atoms with E-state index in [1.54, 1.807) is 24.3 Å². The van der Waals surface area contributed by atoms with Crippen LogP contribution in [0.2, 0.25) is 0 Å². The number of benzene rings is 3. The highest BCUT2D eigenvalue weighted by Crippen LogP contribution is 2.24. The highest BCUT2D eigenvalue weighted by Gasteiger charge is 2.16. The summed E-state index contributed by atoms with van der Waals surface area (Å²) in [6, 6.07) is 24.8. The third-order valence-corrected chi connectivity index (χ3v) is 5.05. The number of rotatable bonds is 9. The smallest absolute Gasteiger partial charge is 0.314 e. The maximum Gasteiger partial charge on any atom is 0.314 e. The molecule has 0 saturated carbocycles. The van der Waals surface area contributed by atoms with Crippen LogP contribution in [0.3, 0.4) is 0 Å². The second kappa shape index (κ2) is 11.0. The molecule has 0 aliphatic heterocycles. The van der Waals surface area contributed by atoms with Crippen LogP contribution in [0.4, 0.5) is 0 Å². The zero-order valence-corrected chi connectivity index (χ0v) is 18.0. The maximum absolute atomic E-state index is 12.5. The van der Waals surface area contributed by atoms with Crippen molar-refractivity contribution in [2.24, 2.45) is 5.92 Å². The monoisotopic (exact) mass is 413 g/mol. The van der Waals surface area contributed by atoms with E-state index in [0.717, 1.165) is 41.9 Å². The molecule has 3 rings (SSSR count). The van der Waals surface area contributed by atoms with Crippen molar-refractivity contribution in [2.75, 3.05) is 6.61 Å². The quantitative estimate of drug-likeness (QED) is 0.238. The van der Waals surface area contributed by atoms with E-state index in [1.807, 2.05) is 55.5 Å². The van der Waals surface area contributed by atoms with Gasteiger partial charge in [-0.15, -0.1) is 0 Å². The van der Waals surface area contributed by atoms with Crippen LogP contribution in [-0.2, 0) is 11.2 Å². The highest BCUT2D eigenvalue weighted by atomic mass is 16.5. The average molecular weight is 414 g/mol. The van der Waals surface area contributed by atoms with Gasteiger partial charge in [0.05, 0.1) is 24.2 Å². The Morgan fingerprint density at radius 3 is 2.06 bits per heavy atom. The Balaban J connectivity index is 1.53. The highest BCUT2D eigenvalue weighted by molar-refractivity contribution is 5.75. The Hall–Kier alpha value is -3.58. The number of carbonyl (C=O) groups excluding carboxylic acids is 1. The van der Waals surface area contributed by atoms with Gasteiger partial charge in [0.1, 0.15) is 11.5 Å². The molecule has 1 unspecified atom stereocenters. The van der Waals surface area contributed by atoms with Crippen LogP contribution in [0.15, 0.2) is 72.8 Å². The number of nitriles is 1. The van der Waals surface area contributed by atoms with Gasteiger partial charge in [0.2, 0.25) is 0 Å². The molecule has 0 amide bonds. The predicted octanol–water partition coefficient (Wildman–Crippen LogP) is 6.19. The van der Waals surface area contributed by atoms with Crippen LogP contribution in [0.25, 0.3) is 11.1 Å². The Labute approximate surface area is 184 Å². The van der Waals surface area contributed by atoms with Crippen molar-refractivity contribution < 1.29 is 14.3 Å². The molecule has 158 valence electrons. The molecule has 0 N–H and O–H groups in total. The van der Waals surface area contributed by atoms with Gasteiger partial charge >= 0.3 is 5.97 Å². The third-order valence-electron chi connectivity index (χ3n) is 5.05. The van der Waals surface area contributed by atoms with Crippen LogP contribution < -0.4 is 9.47 Å². The van der Waals surface area contributed by atoms with Crippen molar-refractivity contribution in [1.82, 2.24) is 0 Å². The third kappa shape index (κ3) is 6.45. The summed E-state index contributed by atoms with van der Waals surface area (Å²) in [5, 5.41) is 8.91. The van der Waals surface area contributed by atoms with Gasteiger partial charge in [-0.1, -0.05) is 56.7 Å². The molecular formula is C27H27NO3. The summed E-state index contributed by atoms with van der Waals surface area (Å²) >= 11 is 0. The summed E-state index contributed by atoms with van der Waals surface area (Å²) < 4.78 is 11.2. The number of esters is 1. The molecule has 0 spiro atoms. The lowest BCUT2D eigenvalue weighted by Gasteiger charge is -2.12. The van der Waals surface area contributed by atoms with E-state index >= 15 is 0 Å². The molecule has 0 bridgehead atoms. The lowest BCUT2D eigenvalue weighted by molar-refractivity contribution is -0.138. The molecule has 0 fully saturated rings. The Morgan fingerprint density at radius 2 is 1.48 bits per heavy atom. The van der Waals surface area contributed by atoms with Gasteiger partial charge in [0.15, 0.2) is 0 Å². The fourth-order valence-electron chi connectivity index (χ4n) is 3.16. The van der Waals surface area contributed by atoms with Crippen LogP contribution in [0.5, 0.6) is 11.5 Å². The summed E-state index contributed by atoms with van der Waals surface area (Å²) in [5.41, 5.74) is 3.70. The normalized spacial score (nSPS) is 11.4. The molecule has 4 heteroatoms. The summed E-state index contributed by atoms with van der Waals surface area (Å²) in [7, 11) is 0. The summed E-state index contributed by atoms with van der Waals surface area (Å²) in [6.45, 7) is 4.73. The molecule has 0 heterocycles. The number of unbranched alkanes of at least 4 members (excludes halogenated alkanes) is 1. The average Bonchev–Trinajstić information content (AvgIpc) is 2.81. The van der Waals surface area contributed by atoms with Crippen molar-refractivity contribution in [2.45, 2.75) is 33.1 Å². The first-order chi connectivity index (χ1) is 15.1. The minimum absolute atomic E-state index is 0.255. The van der Waals surface area contributed by atoms with Gasteiger partial charge in [0, 0.05) is 0 Å². The summed E-state index contributed by atoms with van der Waals surface area (Å²) in [6.07, 6.45) is 2.76. The standard InChI is InChI=1S/C27H27NO3/c1-3-4-17-30-25-13-7-21(8-14-25)18-20(2)27(29)31-26-15-11-24(12-16-26)23-9-5-22(19-28)6-10-23/h5-16,20H,3-4,17-18H2,1-2H3. The van der Waals surface area contributed by atoms with E-state index in [0.29, 0.717) is 17.7 Å². The van der Waals surface area contributed by atoms with Gasteiger partial charge in [0.25, 0.3) is 0 Å². The Morgan fingerprint density at radius 1 is 0.903 bits per heavy atom. The largest absolute Gasteiger partial charge is 0.494 e. The van der Waals surface area contributed by atoms with E-state index in [-0.39, 0.29) is 11.9 Å². The molecule has 0 aliphatic carbocycles. The molecular weight excluding hydrogens is 386 g/mol. The van der Waals surface area contributed by atoms with Crippen molar-refractivity contribution in [3.05, 3.63) is 83.9 Å². The van der Waals surface area contributed by atoms with E-state index in [2.05, 4.69) is 13.0 Å². The minimum atomic E-state index is -0.259. The molecule has 0 aliphatic rings. The van der Waals surface area contributed by atoms with E-state index in [4.69, 9.17) is 14.7 Å². The number of ether oxygens (including phenoxy) is 2. The Kier molecular flexibility index (Phi) is 7.84. The first kappa shape index (κ1) is 22.1. The lowest BCUT2D eigenvalue weighted by atomic mass is 10.0. The molecule has 0 aromatic heterocycles. The minimum Gasteiger partial charge on any atom is -0.494 e. The van der Waals surface area contributed by atoms with Gasteiger partial charge in [-0.2, -0.15) is 5.26 Å². The summed E-state index contributed by atoms with van der Waals surface area (Å²) in [4.78, 5) is 12.5. The zero-order chi connectivity index (χ0) is 22.1. The maximum atomic E-state index is 12.5. The molecule has 3 aromatic carbocycles. The molecule has 31 heavy (non-hydrogen) atoms. The predicted molar refractivity (Wildman–Crippen MR) is 122 cm³/mol. The second-order valence-corrected chi connectivity index (χ2v) is 7.59. The van der Waals surface area contributed by atoms with Gasteiger partial charge < -0.3 is 9.47 Å².